The molecule has 0 amide bonds. The molecule has 0 bridgehead atoms. The van der Waals surface area contributed by atoms with Crippen molar-refractivity contribution in [3.05, 3.63) is 35.6 Å². The fourth-order valence-electron chi connectivity index (χ4n) is 1.66. The molecule has 1 aromatic carbocycles. The van der Waals surface area contributed by atoms with E-state index in [1.54, 1.807) is 19.2 Å². The molecule has 0 aliphatic rings. The van der Waals surface area contributed by atoms with Gasteiger partial charge in [0.15, 0.2) is 0 Å². The summed E-state index contributed by atoms with van der Waals surface area (Å²) in [5, 5.41) is 9.91. The van der Waals surface area contributed by atoms with Gasteiger partial charge in [-0.3, -0.25) is 0 Å². The van der Waals surface area contributed by atoms with Crippen LogP contribution >= 0.6 is 0 Å². The second-order valence-corrected chi connectivity index (χ2v) is 7.05. The first-order valence-electron chi connectivity index (χ1n) is 6.08. The minimum atomic E-state index is -2.97. The highest BCUT2D eigenvalue weighted by Gasteiger charge is 2.11. The second-order valence-electron chi connectivity index (χ2n) is 4.79. The molecule has 0 aliphatic carbocycles. The van der Waals surface area contributed by atoms with Crippen LogP contribution in [-0.2, 0) is 9.84 Å². The predicted molar refractivity (Wildman–Crippen MR) is 73.2 cm³/mol. The Morgan fingerprint density at radius 1 is 1.37 bits per heavy atom. The molecule has 0 spiro atoms. The molecular weight excluding hydrogens is 269 g/mol. The molecular formula is C13H20FNO3S. The lowest BCUT2D eigenvalue weighted by molar-refractivity contribution is 0.150. The van der Waals surface area contributed by atoms with Crippen molar-refractivity contribution in [2.24, 2.45) is 0 Å². The van der Waals surface area contributed by atoms with Crippen LogP contribution in [0.25, 0.3) is 0 Å². The summed E-state index contributed by atoms with van der Waals surface area (Å²) in [5.74, 6) is -0.276. The quantitative estimate of drug-likeness (QED) is 0.820. The maximum absolute atomic E-state index is 13.0. The molecule has 4 nitrogen and oxygen atoms in total. The van der Waals surface area contributed by atoms with E-state index in [0.717, 1.165) is 0 Å². The van der Waals surface area contributed by atoms with Crippen molar-refractivity contribution in [1.82, 2.24) is 4.90 Å². The highest BCUT2D eigenvalue weighted by molar-refractivity contribution is 7.90. The first-order valence-corrected chi connectivity index (χ1v) is 8.14. The zero-order valence-corrected chi connectivity index (χ0v) is 12.0. The number of halogens is 1. The summed E-state index contributed by atoms with van der Waals surface area (Å²) in [5.41, 5.74) is 0.538. The smallest absolute Gasteiger partial charge is 0.148 e. The molecule has 1 rings (SSSR count). The van der Waals surface area contributed by atoms with Gasteiger partial charge in [-0.25, -0.2) is 12.8 Å². The summed E-state index contributed by atoms with van der Waals surface area (Å²) < 4.78 is 35.0. The lowest BCUT2D eigenvalue weighted by Gasteiger charge is -2.18. The second kappa shape index (κ2) is 6.98. The summed E-state index contributed by atoms with van der Waals surface area (Å²) in [7, 11) is -1.17. The summed E-state index contributed by atoms with van der Waals surface area (Å²) in [6.45, 7) is 0.974. The van der Waals surface area contributed by atoms with Crippen LogP contribution in [0.2, 0.25) is 0 Å². The summed E-state index contributed by atoms with van der Waals surface area (Å²) in [6.07, 6.45) is 0.892. The number of rotatable bonds is 7. The third-order valence-electron chi connectivity index (χ3n) is 2.86. The van der Waals surface area contributed by atoms with Gasteiger partial charge in [0, 0.05) is 19.3 Å². The first-order chi connectivity index (χ1) is 8.78. The van der Waals surface area contributed by atoms with Gasteiger partial charge in [0.05, 0.1) is 11.9 Å². The molecule has 0 saturated carbocycles. The normalized spacial score (nSPS) is 13.7. The average Bonchev–Trinajstić information content (AvgIpc) is 2.32. The van der Waals surface area contributed by atoms with E-state index in [2.05, 4.69) is 0 Å². The number of hydrogen-bond acceptors (Lipinski definition) is 4. The van der Waals surface area contributed by atoms with E-state index in [0.29, 0.717) is 25.1 Å². The van der Waals surface area contributed by atoms with Gasteiger partial charge in [-0.1, -0.05) is 12.1 Å². The van der Waals surface area contributed by atoms with Crippen molar-refractivity contribution >= 4 is 9.84 Å². The molecule has 0 fully saturated rings. The molecule has 0 radical (unpaired) electrons. The fourth-order valence-corrected chi connectivity index (χ4v) is 2.30. The molecule has 1 unspecified atom stereocenters. The number of aliphatic hydroxyl groups is 1. The van der Waals surface area contributed by atoms with Crippen LogP contribution in [0.4, 0.5) is 4.39 Å². The Bertz CT molecular complexity index is 504. The van der Waals surface area contributed by atoms with Gasteiger partial charge < -0.3 is 10.0 Å². The van der Waals surface area contributed by atoms with E-state index in [1.807, 2.05) is 4.90 Å². The zero-order chi connectivity index (χ0) is 14.5. The van der Waals surface area contributed by atoms with Gasteiger partial charge in [-0.05, 0) is 31.2 Å². The van der Waals surface area contributed by atoms with E-state index < -0.39 is 15.9 Å². The Morgan fingerprint density at radius 3 is 2.63 bits per heavy atom. The van der Waals surface area contributed by atoms with Crippen LogP contribution in [0.15, 0.2) is 24.3 Å². The van der Waals surface area contributed by atoms with Gasteiger partial charge in [-0.2, -0.15) is 0 Å². The molecule has 1 N–H and O–H groups in total. The fraction of sp³-hybridized carbons (Fsp3) is 0.538. The minimum Gasteiger partial charge on any atom is -0.388 e. The van der Waals surface area contributed by atoms with E-state index >= 15 is 0 Å². The number of nitrogens with zero attached hydrogens (tertiary/aromatic N) is 1. The number of hydrogen-bond donors (Lipinski definition) is 1. The first kappa shape index (κ1) is 16.1. The standard InChI is InChI=1S/C13H20FNO3S/c1-15(8-9-19(2,17)18)7-6-13(16)11-4-3-5-12(14)10-11/h3-5,10,13,16H,6-9H2,1-2H3. The van der Waals surface area contributed by atoms with Gasteiger partial charge in [0.1, 0.15) is 15.7 Å². The van der Waals surface area contributed by atoms with Crippen LogP contribution in [-0.4, -0.2) is 50.6 Å². The Balaban J connectivity index is 2.40. The van der Waals surface area contributed by atoms with E-state index in [-0.39, 0.29) is 11.6 Å². The molecule has 0 aliphatic heterocycles. The number of aliphatic hydroxyl groups excluding tert-OH is 1. The summed E-state index contributed by atoms with van der Waals surface area (Å²) >= 11 is 0. The Labute approximate surface area is 113 Å². The van der Waals surface area contributed by atoms with Crippen molar-refractivity contribution < 1.29 is 17.9 Å². The number of benzene rings is 1. The van der Waals surface area contributed by atoms with Crippen molar-refractivity contribution in [1.29, 1.82) is 0 Å². The van der Waals surface area contributed by atoms with Crippen molar-refractivity contribution in [2.45, 2.75) is 12.5 Å². The maximum atomic E-state index is 13.0. The van der Waals surface area contributed by atoms with Gasteiger partial charge >= 0.3 is 0 Å². The predicted octanol–water partition coefficient (Wildman–Crippen LogP) is 1.23. The average molecular weight is 289 g/mol. The van der Waals surface area contributed by atoms with Gasteiger partial charge in [-0.15, -0.1) is 0 Å². The van der Waals surface area contributed by atoms with Crippen molar-refractivity contribution in [3.8, 4) is 0 Å². The Hall–Kier alpha value is -0.980. The summed E-state index contributed by atoms with van der Waals surface area (Å²) in [4.78, 5) is 1.84. The zero-order valence-electron chi connectivity index (χ0n) is 11.2. The molecule has 1 atom stereocenters. The minimum absolute atomic E-state index is 0.0968. The highest BCUT2D eigenvalue weighted by atomic mass is 32.2. The summed E-state index contributed by atoms with van der Waals surface area (Å²) in [6, 6.07) is 5.86. The van der Waals surface area contributed by atoms with Crippen molar-refractivity contribution in [3.63, 3.8) is 0 Å². The maximum Gasteiger partial charge on any atom is 0.148 e. The molecule has 1 aromatic rings. The molecule has 19 heavy (non-hydrogen) atoms. The van der Waals surface area contributed by atoms with Crippen LogP contribution < -0.4 is 0 Å². The SMILES string of the molecule is CN(CCC(O)c1cccc(F)c1)CCS(C)(=O)=O. The largest absolute Gasteiger partial charge is 0.388 e. The highest BCUT2D eigenvalue weighted by Crippen LogP contribution is 2.17. The lowest BCUT2D eigenvalue weighted by atomic mass is 10.1. The molecule has 108 valence electrons. The van der Waals surface area contributed by atoms with E-state index in [1.165, 1.54) is 18.4 Å². The lowest BCUT2D eigenvalue weighted by Crippen LogP contribution is -2.27. The Morgan fingerprint density at radius 2 is 2.05 bits per heavy atom. The number of sulfone groups is 1. The molecule has 0 aromatic heterocycles. The van der Waals surface area contributed by atoms with Crippen LogP contribution in [0, 0.1) is 5.82 Å². The van der Waals surface area contributed by atoms with Crippen LogP contribution in [0.5, 0.6) is 0 Å². The van der Waals surface area contributed by atoms with E-state index in [9.17, 15) is 17.9 Å². The third-order valence-corrected chi connectivity index (χ3v) is 3.79. The Kier molecular flexibility index (Phi) is 5.90. The molecule has 6 heteroatoms. The van der Waals surface area contributed by atoms with E-state index in [4.69, 9.17) is 0 Å². The van der Waals surface area contributed by atoms with Crippen LogP contribution in [0.3, 0.4) is 0 Å². The monoisotopic (exact) mass is 289 g/mol. The molecule has 0 saturated heterocycles. The third kappa shape index (κ3) is 6.66. The van der Waals surface area contributed by atoms with Crippen molar-refractivity contribution in [2.75, 3.05) is 32.1 Å². The topological polar surface area (TPSA) is 57.6 Å². The van der Waals surface area contributed by atoms with Gasteiger partial charge in [0.2, 0.25) is 0 Å². The van der Waals surface area contributed by atoms with Crippen LogP contribution in [0.1, 0.15) is 18.1 Å². The molecule has 0 heterocycles. The van der Waals surface area contributed by atoms with Gasteiger partial charge in [0.25, 0.3) is 0 Å².